The van der Waals surface area contributed by atoms with E-state index in [1.54, 1.807) is 12.1 Å². The number of hydrogen-bond donors (Lipinski definition) is 0. The molecule has 2 aromatic rings. The minimum Gasteiger partial charge on any atom is -0.341 e. The molecular formula is C20H24F2N2. The van der Waals surface area contributed by atoms with E-state index in [4.69, 9.17) is 0 Å². The predicted octanol–water partition coefficient (Wildman–Crippen LogP) is 4.81. The van der Waals surface area contributed by atoms with Gasteiger partial charge in [-0.15, -0.1) is 0 Å². The topological polar surface area (TPSA) is 6.48 Å². The quantitative estimate of drug-likeness (QED) is 0.776. The summed E-state index contributed by atoms with van der Waals surface area (Å²) >= 11 is 0. The van der Waals surface area contributed by atoms with Crippen LogP contribution in [0.2, 0.25) is 0 Å². The lowest BCUT2D eigenvalue weighted by atomic mass is 10.0. The number of hydrogen-bond acceptors (Lipinski definition) is 2. The van der Waals surface area contributed by atoms with Gasteiger partial charge in [-0.2, -0.15) is 0 Å². The maximum atomic E-state index is 13.2. The van der Waals surface area contributed by atoms with E-state index in [-0.39, 0.29) is 5.56 Å². The average Bonchev–Trinajstić information content (AvgIpc) is 2.71. The summed E-state index contributed by atoms with van der Waals surface area (Å²) in [6.07, 6.45) is 0.388. The lowest BCUT2D eigenvalue weighted by molar-refractivity contribution is 0.151. The molecule has 4 heteroatoms. The normalized spacial score (nSPS) is 13.8. The summed E-state index contributed by atoms with van der Waals surface area (Å²) in [6.45, 7) is 1.80. The molecule has 128 valence electrons. The molecule has 0 aromatic heterocycles. The molecule has 0 N–H and O–H groups in total. The van der Waals surface area contributed by atoms with Crippen molar-refractivity contribution in [3.05, 3.63) is 59.2 Å². The summed E-state index contributed by atoms with van der Waals surface area (Å²) in [7, 11) is 4.11. The highest BCUT2D eigenvalue weighted by Crippen LogP contribution is 2.38. The highest BCUT2D eigenvalue weighted by atomic mass is 19.3. The second kappa shape index (κ2) is 7.31. The number of rotatable bonds is 5. The van der Waals surface area contributed by atoms with Gasteiger partial charge in [-0.3, -0.25) is 0 Å². The monoisotopic (exact) mass is 330 g/mol. The van der Waals surface area contributed by atoms with Crippen LogP contribution in [0.4, 0.5) is 20.2 Å². The van der Waals surface area contributed by atoms with Gasteiger partial charge in [0.05, 0.1) is 0 Å². The van der Waals surface area contributed by atoms with Crippen molar-refractivity contribution in [3.63, 3.8) is 0 Å². The van der Waals surface area contributed by atoms with Gasteiger partial charge in [0.1, 0.15) is 0 Å². The number of benzene rings is 2. The average molecular weight is 330 g/mol. The maximum absolute atomic E-state index is 13.2. The van der Waals surface area contributed by atoms with Gasteiger partial charge in [-0.05, 0) is 63.2 Å². The third-order valence-electron chi connectivity index (χ3n) is 4.59. The van der Waals surface area contributed by atoms with Crippen molar-refractivity contribution < 1.29 is 8.78 Å². The smallest absolute Gasteiger partial charge is 0.263 e. The van der Waals surface area contributed by atoms with Crippen molar-refractivity contribution in [2.24, 2.45) is 0 Å². The van der Waals surface area contributed by atoms with Gasteiger partial charge in [0.15, 0.2) is 0 Å². The van der Waals surface area contributed by atoms with E-state index in [0.29, 0.717) is 0 Å². The largest absolute Gasteiger partial charge is 0.341 e. The zero-order valence-corrected chi connectivity index (χ0v) is 14.3. The second-order valence-corrected chi connectivity index (χ2v) is 6.63. The Morgan fingerprint density at radius 3 is 2.42 bits per heavy atom. The standard InChI is InChI=1S/C20H24F2N2/c1-23(2)12-5-13-24-18-7-4-3-6-15(18)8-9-16-10-11-17(20(21)22)14-19(16)24/h3-4,6-7,10-11,14,20H,5,8-9,12-13H2,1-2H3. The van der Waals surface area contributed by atoms with Crippen LogP contribution in [-0.2, 0) is 12.8 Å². The minimum absolute atomic E-state index is 0.103. The molecule has 1 aliphatic rings. The van der Waals surface area contributed by atoms with Crippen LogP contribution in [0.5, 0.6) is 0 Å². The lowest BCUT2D eigenvalue weighted by Crippen LogP contribution is -2.24. The number of halogens is 2. The van der Waals surface area contributed by atoms with Crippen molar-refractivity contribution in [1.82, 2.24) is 4.90 Å². The first-order valence-electron chi connectivity index (χ1n) is 8.47. The Bertz CT molecular complexity index is 698. The van der Waals surface area contributed by atoms with E-state index in [1.165, 1.54) is 5.56 Å². The first-order valence-corrected chi connectivity index (χ1v) is 8.47. The molecule has 2 aromatic carbocycles. The molecular weight excluding hydrogens is 306 g/mol. The van der Waals surface area contributed by atoms with Crippen molar-refractivity contribution in [2.45, 2.75) is 25.7 Å². The molecule has 0 bridgehead atoms. The van der Waals surface area contributed by atoms with Crippen LogP contribution in [0, 0.1) is 0 Å². The van der Waals surface area contributed by atoms with E-state index in [0.717, 1.165) is 49.3 Å². The molecule has 1 heterocycles. The Kier molecular flexibility index (Phi) is 5.14. The number of fused-ring (bicyclic) bond motifs is 2. The van der Waals surface area contributed by atoms with Crippen LogP contribution in [0.15, 0.2) is 42.5 Å². The van der Waals surface area contributed by atoms with Crippen LogP contribution >= 0.6 is 0 Å². The molecule has 0 amide bonds. The molecule has 0 saturated carbocycles. The lowest BCUT2D eigenvalue weighted by Gasteiger charge is -2.28. The van der Waals surface area contributed by atoms with Gasteiger partial charge >= 0.3 is 0 Å². The predicted molar refractivity (Wildman–Crippen MR) is 95.4 cm³/mol. The first kappa shape index (κ1) is 16.9. The fraction of sp³-hybridized carbons (Fsp3) is 0.400. The summed E-state index contributed by atoms with van der Waals surface area (Å²) in [5, 5.41) is 0. The van der Waals surface area contributed by atoms with Crippen LogP contribution < -0.4 is 4.90 Å². The number of anilines is 2. The fourth-order valence-electron chi connectivity index (χ4n) is 3.35. The molecule has 0 radical (unpaired) electrons. The van der Waals surface area contributed by atoms with E-state index < -0.39 is 6.43 Å². The van der Waals surface area contributed by atoms with Crippen LogP contribution in [0.1, 0.15) is 29.5 Å². The molecule has 0 fully saturated rings. The number of nitrogens with zero attached hydrogens (tertiary/aromatic N) is 2. The molecule has 0 atom stereocenters. The van der Waals surface area contributed by atoms with Crippen molar-refractivity contribution in [1.29, 1.82) is 0 Å². The van der Waals surface area contributed by atoms with Gasteiger partial charge in [-0.1, -0.05) is 30.3 Å². The van der Waals surface area contributed by atoms with E-state index >= 15 is 0 Å². The Morgan fingerprint density at radius 2 is 1.71 bits per heavy atom. The van der Waals surface area contributed by atoms with Crippen molar-refractivity contribution in [3.8, 4) is 0 Å². The zero-order chi connectivity index (χ0) is 17.1. The highest BCUT2D eigenvalue weighted by molar-refractivity contribution is 5.71. The molecule has 24 heavy (non-hydrogen) atoms. The number of para-hydroxylation sites is 1. The van der Waals surface area contributed by atoms with E-state index in [9.17, 15) is 8.78 Å². The number of alkyl halides is 2. The third-order valence-corrected chi connectivity index (χ3v) is 4.59. The van der Waals surface area contributed by atoms with Crippen molar-refractivity contribution in [2.75, 3.05) is 32.1 Å². The molecule has 0 unspecified atom stereocenters. The van der Waals surface area contributed by atoms with Crippen molar-refractivity contribution >= 4 is 11.4 Å². The summed E-state index contributed by atoms with van der Waals surface area (Å²) in [6, 6.07) is 13.5. The Balaban J connectivity index is 2.01. The third kappa shape index (κ3) is 3.59. The van der Waals surface area contributed by atoms with Crippen LogP contribution in [-0.4, -0.2) is 32.1 Å². The fourth-order valence-corrected chi connectivity index (χ4v) is 3.35. The molecule has 2 nitrogen and oxygen atoms in total. The van der Waals surface area contributed by atoms with Gasteiger partial charge in [0, 0.05) is 23.5 Å². The first-order chi connectivity index (χ1) is 11.6. The summed E-state index contributed by atoms with van der Waals surface area (Å²) < 4.78 is 26.4. The maximum Gasteiger partial charge on any atom is 0.263 e. The van der Waals surface area contributed by atoms with Gasteiger partial charge < -0.3 is 9.80 Å². The van der Waals surface area contributed by atoms with Gasteiger partial charge in [0.25, 0.3) is 6.43 Å². The molecule has 0 spiro atoms. The molecule has 0 aliphatic carbocycles. The second-order valence-electron chi connectivity index (χ2n) is 6.63. The Morgan fingerprint density at radius 1 is 1.00 bits per heavy atom. The highest BCUT2D eigenvalue weighted by Gasteiger charge is 2.22. The van der Waals surface area contributed by atoms with E-state index in [2.05, 4.69) is 42.1 Å². The Hall–Kier alpha value is -1.94. The van der Waals surface area contributed by atoms with Gasteiger partial charge in [-0.25, -0.2) is 8.78 Å². The molecule has 1 aliphatic heterocycles. The summed E-state index contributed by atoms with van der Waals surface area (Å²) in [5.74, 6) is 0. The van der Waals surface area contributed by atoms with Crippen LogP contribution in [0.3, 0.4) is 0 Å². The summed E-state index contributed by atoms with van der Waals surface area (Å²) in [5.41, 5.74) is 4.64. The van der Waals surface area contributed by atoms with Gasteiger partial charge in [0.2, 0.25) is 0 Å². The van der Waals surface area contributed by atoms with Crippen LogP contribution in [0.25, 0.3) is 0 Å². The molecule has 0 saturated heterocycles. The SMILES string of the molecule is CN(C)CCCN1c2ccccc2CCc2ccc(C(F)F)cc21. The summed E-state index contributed by atoms with van der Waals surface area (Å²) in [4.78, 5) is 4.38. The van der Waals surface area contributed by atoms with E-state index in [1.807, 2.05) is 12.1 Å². The minimum atomic E-state index is -2.43. The zero-order valence-electron chi connectivity index (χ0n) is 14.3. The Labute approximate surface area is 142 Å². The number of aryl methyl sites for hydroxylation is 2. The molecule has 3 rings (SSSR count).